The summed E-state index contributed by atoms with van der Waals surface area (Å²) in [7, 11) is 3.84. The van der Waals surface area contributed by atoms with Crippen molar-refractivity contribution >= 4 is 29.6 Å². The number of amides is 4. The van der Waals surface area contributed by atoms with Crippen molar-refractivity contribution in [3.05, 3.63) is 35.9 Å². The summed E-state index contributed by atoms with van der Waals surface area (Å²) in [6.07, 6.45) is 5.68. The summed E-state index contributed by atoms with van der Waals surface area (Å²) < 4.78 is 0. The Morgan fingerprint density at radius 3 is 2.22 bits per heavy atom. The molecule has 0 bridgehead atoms. The molecule has 1 saturated carbocycles. The Morgan fingerprint density at radius 2 is 1.61 bits per heavy atom. The van der Waals surface area contributed by atoms with Gasteiger partial charge in [-0.2, -0.15) is 0 Å². The average Bonchev–Trinajstić information content (AvgIpc) is 3.02. The molecule has 0 aliphatic heterocycles. The fraction of sp³-hybridized carbons (Fsp3) is 0.676. The number of aliphatic hydroxyl groups excluding tert-OH is 1. The van der Waals surface area contributed by atoms with E-state index in [1.165, 1.54) is 0 Å². The number of carbonyl (C=O) groups excluding carboxylic acids is 4. The molecule has 0 aromatic heterocycles. The quantitative estimate of drug-likeness (QED) is 0.125. The number of carboxylic acids is 1. The Labute approximate surface area is 273 Å². The van der Waals surface area contributed by atoms with Crippen LogP contribution in [0.4, 0.5) is 0 Å². The van der Waals surface area contributed by atoms with Crippen molar-refractivity contribution in [2.45, 2.75) is 109 Å². The van der Waals surface area contributed by atoms with Gasteiger partial charge in [-0.05, 0) is 50.9 Å². The molecule has 12 heteroatoms. The topological polar surface area (TPSA) is 177 Å². The van der Waals surface area contributed by atoms with Crippen molar-refractivity contribution in [3.63, 3.8) is 0 Å². The lowest BCUT2D eigenvalue weighted by molar-refractivity contribution is -0.143. The molecule has 12 nitrogen and oxygen atoms in total. The Balaban J connectivity index is 2.05. The first-order valence-electron chi connectivity index (χ1n) is 16.6. The van der Waals surface area contributed by atoms with Crippen molar-refractivity contribution in [2.24, 2.45) is 11.8 Å². The number of hydrogen-bond acceptors (Lipinski definition) is 7. The average molecular weight is 646 g/mol. The number of rotatable bonds is 20. The van der Waals surface area contributed by atoms with Crippen LogP contribution < -0.4 is 21.3 Å². The molecule has 2 rings (SSSR count). The summed E-state index contributed by atoms with van der Waals surface area (Å²) in [5, 5.41) is 31.4. The van der Waals surface area contributed by atoms with Crippen molar-refractivity contribution < 1.29 is 34.2 Å². The molecule has 1 aliphatic rings. The third kappa shape index (κ3) is 14.7. The lowest BCUT2D eigenvalue weighted by Crippen LogP contribution is -2.53. The summed E-state index contributed by atoms with van der Waals surface area (Å²) in [6.45, 7) is 3.92. The second kappa shape index (κ2) is 20.6. The Hall–Kier alpha value is -3.51. The summed E-state index contributed by atoms with van der Waals surface area (Å²) >= 11 is 0. The van der Waals surface area contributed by atoms with E-state index in [1.54, 1.807) is 6.92 Å². The van der Waals surface area contributed by atoms with E-state index >= 15 is 0 Å². The van der Waals surface area contributed by atoms with Gasteiger partial charge >= 0.3 is 5.97 Å². The molecule has 0 spiro atoms. The minimum absolute atomic E-state index is 0.250. The van der Waals surface area contributed by atoms with Crippen LogP contribution in [0.3, 0.4) is 0 Å². The van der Waals surface area contributed by atoms with Gasteiger partial charge in [-0.3, -0.25) is 19.2 Å². The summed E-state index contributed by atoms with van der Waals surface area (Å²) in [5.74, 6) is -3.09. The predicted molar refractivity (Wildman–Crippen MR) is 176 cm³/mol. The SMILES string of the molecule is CC[C@H](C)[C@H](NC(=O)CC(O)C(CC1CCCCC1)NC(=O)CNC(=O)[C@H](Cc1ccccc1)NC(=O)CCCN(C)C)C(=O)O. The molecule has 5 atom stereocenters. The lowest BCUT2D eigenvalue weighted by Gasteiger charge is -2.30. The second-order valence-electron chi connectivity index (χ2n) is 12.9. The van der Waals surface area contributed by atoms with Crippen molar-refractivity contribution in [1.29, 1.82) is 0 Å². The number of nitrogens with one attached hydrogen (secondary N) is 4. The monoisotopic (exact) mass is 645 g/mol. The first-order chi connectivity index (χ1) is 21.9. The highest BCUT2D eigenvalue weighted by atomic mass is 16.4. The number of hydrogen-bond donors (Lipinski definition) is 6. The van der Waals surface area contributed by atoms with Gasteiger partial charge in [0, 0.05) is 12.8 Å². The Bertz CT molecular complexity index is 1110. The molecule has 0 saturated heterocycles. The molecule has 46 heavy (non-hydrogen) atoms. The van der Waals surface area contributed by atoms with Gasteiger partial charge in [0.25, 0.3) is 0 Å². The van der Waals surface area contributed by atoms with Crippen LogP contribution in [0.1, 0.15) is 83.6 Å². The zero-order valence-electron chi connectivity index (χ0n) is 27.9. The highest BCUT2D eigenvalue weighted by Crippen LogP contribution is 2.28. The van der Waals surface area contributed by atoms with Crippen LogP contribution in [0, 0.1) is 11.8 Å². The van der Waals surface area contributed by atoms with E-state index in [9.17, 15) is 34.2 Å². The molecular weight excluding hydrogens is 590 g/mol. The van der Waals surface area contributed by atoms with Gasteiger partial charge in [-0.25, -0.2) is 4.79 Å². The smallest absolute Gasteiger partial charge is 0.326 e. The molecule has 0 radical (unpaired) electrons. The maximum atomic E-state index is 13.2. The van der Waals surface area contributed by atoms with Gasteiger partial charge in [-0.1, -0.05) is 82.7 Å². The normalized spacial score (nSPS) is 16.8. The molecule has 258 valence electrons. The van der Waals surface area contributed by atoms with Crippen LogP contribution in [0.15, 0.2) is 30.3 Å². The summed E-state index contributed by atoms with van der Waals surface area (Å²) in [5.41, 5.74) is 0.855. The third-order valence-electron chi connectivity index (χ3n) is 8.68. The van der Waals surface area contributed by atoms with Gasteiger partial charge in [0.15, 0.2) is 0 Å². The largest absolute Gasteiger partial charge is 0.480 e. The molecule has 1 aromatic rings. The summed E-state index contributed by atoms with van der Waals surface area (Å²) in [4.78, 5) is 65.4. The van der Waals surface area contributed by atoms with Crippen molar-refractivity contribution in [3.8, 4) is 0 Å². The van der Waals surface area contributed by atoms with Crippen LogP contribution >= 0.6 is 0 Å². The number of carboxylic acid groups (broad SMARTS) is 1. The van der Waals surface area contributed by atoms with Crippen LogP contribution in [0.25, 0.3) is 0 Å². The van der Waals surface area contributed by atoms with Crippen LogP contribution in [-0.4, -0.2) is 96.1 Å². The maximum Gasteiger partial charge on any atom is 0.326 e. The first kappa shape index (κ1) is 38.7. The minimum atomic E-state index is -1.25. The van der Waals surface area contributed by atoms with Crippen LogP contribution in [-0.2, 0) is 30.4 Å². The molecular formula is C34H55N5O7. The van der Waals surface area contributed by atoms with Gasteiger partial charge in [0.05, 0.1) is 25.1 Å². The predicted octanol–water partition coefficient (Wildman–Crippen LogP) is 1.99. The van der Waals surface area contributed by atoms with E-state index in [0.29, 0.717) is 19.3 Å². The van der Waals surface area contributed by atoms with Gasteiger partial charge in [0.2, 0.25) is 23.6 Å². The fourth-order valence-electron chi connectivity index (χ4n) is 5.77. The molecule has 0 heterocycles. The number of carbonyl (C=O) groups is 5. The minimum Gasteiger partial charge on any atom is -0.480 e. The zero-order valence-corrected chi connectivity index (χ0v) is 27.9. The standard InChI is InChI=1S/C34H55N5O7/c1-5-23(2)32(34(45)46)38-30(42)21-28(40)26(19-24-13-8-6-9-14-24)36-31(43)22-35-33(44)27(20-25-15-10-7-11-16-25)37-29(41)17-12-18-39(3)4/h7,10-11,15-16,23-24,26-28,32,40H,5-6,8-9,12-14,17-22H2,1-4H3,(H,35,44)(H,36,43)(H,37,41)(H,38,42)(H,45,46)/t23-,26?,27-,28?,32-/m0/s1. The number of aliphatic carboxylic acids is 1. The number of nitrogens with zero attached hydrogens (tertiary/aromatic N) is 1. The first-order valence-corrected chi connectivity index (χ1v) is 16.6. The second-order valence-corrected chi connectivity index (χ2v) is 12.9. The summed E-state index contributed by atoms with van der Waals surface area (Å²) in [6, 6.07) is 6.55. The fourth-order valence-corrected chi connectivity index (χ4v) is 5.77. The highest BCUT2D eigenvalue weighted by Gasteiger charge is 2.31. The molecule has 2 unspecified atom stereocenters. The molecule has 1 fully saturated rings. The van der Waals surface area contributed by atoms with E-state index in [2.05, 4.69) is 21.3 Å². The van der Waals surface area contributed by atoms with Crippen LogP contribution in [0.2, 0.25) is 0 Å². The van der Waals surface area contributed by atoms with E-state index in [0.717, 1.165) is 44.2 Å². The Kier molecular flexibility index (Phi) is 17.3. The molecule has 1 aromatic carbocycles. The third-order valence-corrected chi connectivity index (χ3v) is 8.68. The van der Waals surface area contributed by atoms with E-state index in [4.69, 9.17) is 0 Å². The van der Waals surface area contributed by atoms with E-state index < -0.39 is 47.9 Å². The number of aliphatic hydroxyl groups is 1. The molecule has 4 amide bonds. The van der Waals surface area contributed by atoms with Crippen molar-refractivity contribution in [1.82, 2.24) is 26.2 Å². The highest BCUT2D eigenvalue weighted by molar-refractivity contribution is 5.91. The maximum absolute atomic E-state index is 13.2. The Morgan fingerprint density at radius 1 is 0.935 bits per heavy atom. The van der Waals surface area contributed by atoms with E-state index in [-0.39, 0.29) is 43.6 Å². The zero-order chi connectivity index (χ0) is 34.1. The van der Waals surface area contributed by atoms with Crippen molar-refractivity contribution in [2.75, 3.05) is 27.2 Å². The van der Waals surface area contributed by atoms with Crippen LogP contribution in [0.5, 0.6) is 0 Å². The number of benzene rings is 1. The lowest BCUT2D eigenvalue weighted by atomic mass is 9.83. The molecule has 6 N–H and O–H groups in total. The van der Waals surface area contributed by atoms with Gasteiger partial charge in [0.1, 0.15) is 12.1 Å². The van der Waals surface area contributed by atoms with Gasteiger partial charge < -0.3 is 36.4 Å². The van der Waals surface area contributed by atoms with Gasteiger partial charge in [-0.15, -0.1) is 0 Å². The van der Waals surface area contributed by atoms with E-state index in [1.807, 2.05) is 56.3 Å². The molecule has 1 aliphatic carbocycles.